The molecule has 1 aliphatic rings. The number of pyridine rings is 1. The number of carbonyl (C=O) groups excluding carboxylic acids is 2. The van der Waals surface area contributed by atoms with Gasteiger partial charge in [-0.2, -0.15) is 0 Å². The lowest BCUT2D eigenvalue weighted by molar-refractivity contribution is -0.117. The first-order valence-electron chi connectivity index (χ1n) is 6.93. The number of amides is 2. The predicted octanol–water partition coefficient (Wildman–Crippen LogP) is 2.05. The minimum atomic E-state index is -0.414. The Labute approximate surface area is 132 Å². The number of carbonyl (C=O) groups is 2. The molecule has 5 nitrogen and oxygen atoms in total. The number of anilines is 1. The Balaban J connectivity index is 1.63. The summed E-state index contributed by atoms with van der Waals surface area (Å²) in [5.41, 5.74) is 2.27. The summed E-state index contributed by atoms with van der Waals surface area (Å²) in [5, 5.41) is 3.01. The fraction of sp³-hybridized carbons (Fsp3) is 0.188. The highest BCUT2D eigenvalue weighted by molar-refractivity contribution is 6.30. The Kier molecular flexibility index (Phi) is 4.06. The van der Waals surface area contributed by atoms with Gasteiger partial charge in [-0.15, -0.1) is 0 Å². The van der Waals surface area contributed by atoms with Crippen LogP contribution in [0.4, 0.5) is 5.69 Å². The molecule has 0 spiro atoms. The molecular formula is C16H14ClN3O2. The van der Waals surface area contributed by atoms with E-state index in [-0.39, 0.29) is 18.1 Å². The number of aromatic nitrogens is 1. The zero-order valence-electron chi connectivity index (χ0n) is 11.8. The molecule has 1 aliphatic heterocycles. The van der Waals surface area contributed by atoms with Crippen molar-refractivity contribution in [3.63, 3.8) is 0 Å². The van der Waals surface area contributed by atoms with Crippen molar-refractivity contribution >= 4 is 29.1 Å². The van der Waals surface area contributed by atoms with Gasteiger partial charge in [0.2, 0.25) is 5.91 Å². The molecule has 2 heterocycles. The van der Waals surface area contributed by atoms with Crippen molar-refractivity contribution in [3.05, 3.63) is 58.9 Å². The fourth-order valence-corrected chi connectivity index (χ4v) is 2.63. The van der Waals surface area contributed by atoms with Crippen molar-refractivity contribution in [2.45, 2.75) is 6.42 Å². The van der Waals surface area contributed by atoms with Crippen LogP contribution in [0.3, 0.4) is 0 Å². The molecule has 22 heavy (non-hydrogen) atoms. The molecule has 0 saturated heterocycles. The highest BCUT2D eigenvalue weighted by Gasteiger charge is 2.24. The molecule has 2 aromatic rings. The molecule has 6 heteroatoms. The van der Waals surface area contributed by atoms with Gasteiger partial charge in [-0.1, -0.05) is 29.8 Å². The number of para-hydroxylation sites is 1. The molecule has 0 aliphatic carbocycles. The SMILES string of the molecule is O=C(NCC(=O)N1CCc2ccccc21)c1cc(Cl)ccn1. The van der Waals surface area contributed by atoms with E-state index < -0.39 is 5.91 Å². The zero-order valence-corrected chi connectivity index (χ0v) is 12.5. The van der Waals surface area contributed by atoms with Gasteiger partial charge >= 0.3 is 0 Å². The lowest BCUT2D eigenvalue weighted by Crippen LogP contribution is -2.39. The Morgan fingerprint density at radius 1 is 1.27 bits per heavy atom. The minimum Gasteiger partial charge on any atom is -0.342 e. The molecule has 1 aromatic heterocycles. The molecule has 0 unspecified atom stereocenters. The van der Waals surface area contributed by atoms with Crippen LogP contribution in [-0.2, 0) is 11.2 Å². The summed E-state index contributed by atoms with van der Waals surface area (Å²) in [6.45, 7) is 0.574. The summed E-state index contributed by atoms with van der Waals surface area (Å²) < 4.78 is 0. The first-order valence-corrected chi connectivity index (χ1v) is 7.31. The fourth-order valence-electron chi connectivity index (χ4n) is 2.47. The van der Waals surface area contributed by atoms with Gasteiger partial charge in [-0.25, -0.2) is 0 Å². The molecule has 2 amide bonds. The van der Waals surface area contributed by atoms with Gasteiger partial charge in [-0.3, -0.25) is 14.6 Å². The largest absolute Gasteiger partial charge is 0.342 e. The number of hydrogen-bond acceptors (Lipinski definition) is 3. The van der Waals surface area contributed by atoms with Crippen molar-refractivity contribution < 1.29 is 9.59 Å². The van der Waals surface area contributed by atoms with Crippen molar-refractivity contribution in [2.75, 3.05) is 18.0 Å². The van der Waals surface area contributed by atoms with Crippen LogP contribution in [0.15, 0.2) is 42.6 Å². The molecule has 0 fully saturated rings. The maximum absolute atomic E-state index is 12.3. The maximum atomic E-state index is 12.3. The summed E-state index contributed by atoms with van der Waals surface area (Å²) >= 11 is 5.82. The predicted molar refractivity (Wildman–Crippen MR) is 84.1 cm³/mol. The molecule has 1 aromatic carbocycles. The maximum Gasteiger partial charge on any atom is 0.270 e. The second-order valence-corrected chi connectivity index (χ2v) is 5.40. The molecule has 1 N–H and O–H groups in total. The first kappa shape index (κ1) is 14.5. The quantitative estimate of drug-likeness (QED) is 0.943. The van der Waals surface area contributed by atoms with E-state index in [1.54, 1.807) is 11.0 Å². The molecular weight excluding hydrogens is 302 g/mol. The lowest BCUT2D eigenvalue weighted by atomic mass is 10.2. The summed E-state index contributed by atoms with van der Waals surface area (Å²) in [4.78, 5) is 29.9. The van der Waals surface area contributed by atoms with Crippen molar-refractivity contribution in [3.8, 4) is 0 Å². The third-order valence-corrected chi connectivity index (χ3v) is 3.78. The molecule has 0 saturated carbocycles. The average Bonchev–Trinajstić information content (AvgIpc) is 2.96. The lowest BCUT2D eigenvalue weighted by Gasteiger charge is -2.17. The first-order chi connectivity index (χ1) is 10.6. The topological polar surface area (TPSA) is 62.3 Å². The van der Waals surface area contributed by atoms with E-state index >= 15 is 0 Å². The monoisotopic (exact) mass is 315 g/mol. The van der Waals surface area contributed by atoms with E-state index in [1.807, 2.05) is 24.3 Å². The van der Waals surface area contributed by atoms with Crippen LogP contribution in [-0.4, -0.2) is 29.9 Å². The summed E-state index contributed by atoms with van der Waals surface area (Å²) in [7, 11) is 0. The summed E-state index contributed by atoms with van der Waals surface area (Å²) in [6, 6.07) is 10.8. The van der Waals surface area contributed by atoms with Gasteiger partial charge < -0.3 is 10.2 Å². The van der Waals surface area contributed by atoms with E-state index in [2.05, 4.69) is 10.3 Å². The normalized spacial score (nSPS) is 12.9. The highest BCUT2D eigenvalue weighted by Crippen LogP contribution is 2.27. The molecule has 0 atom stereocenters. The number of halogens is 1. The summed E-state index contributed by atoms with van der Waals surface area (Å²) in [5.74, 6) is -0.552. The standard InChI is InChI=1S/C16H14ClN3O2/c17-12-5-7-18-13(9-12)16(22)19-10-15(21)20-8-6-11-3-1-2-4-14(11)20/h1-5,7,9H,6,8,10H2,(H,19,22). The van der Waals surface area contributed by atoms with Crippen molar-refractivity contribution in [2.24, 2.45) is 0 Å². The van der Waals surface area contributed by atoms with E-state index in [1.165, 1.54) is 12.3 Å². The van der Waals surface area contributed by atoms with Crippen LogP contribution < -0.4 is 10.2 Å². The Morgan fingerprint density at radius 2 is 2.09 bits per heavy atom. The van der Waals surface area contributed by atoms with Crippen LogP contribution in [0.5, 0.6) is 0 Å². The van der Waals surface area contributed by atoms with Gasteiger partial charge in [0, 0.05) is 23.5 Å². The van der Waals surface area contributed by atoms with E-state index in [4.69, 9.17) is 11.6 Å². The van der Waals surface area contributed by atoms with Crippen LogP contribution >= 0.6 is 11.6 Å². The van der Waals surface area contributed by atoms with Crippen LogP contribution in [0.2, 0.25) is 5.02 Å². The van der Waals surface area contributed by atoms with Gasteiger partial charge in [0.1, 0.15) is 5.69 Å². The second-order valence-electron chi connectivity index (χ2n) is 4.97. The van der Waals surface area contributed by atoms with Gasteiger partial charge in [0.05, 0.1) is 6.54 Å². The minimum absolute atomic E-state index is 0.0681. The van der Waals surface area contributed by atoms with Gasteiger partial charge in [0.15, 0.2) is 0 Å². The number of fused-ring (bicyclic) bond motifs is 1. The Bertz CT molecular complexity index is 733. The number of hydrogen-bond donors (Lipinski definition) is 1. The molecule has 0 bridgehead atoms. The van der Waals surface area contributed by atoms with E-state index in [0.29, 0.717) is 11.6 Å². The summed E-state index contributed by atoms with van der Waals surface area (Å²) in [6.07, 6.45) is 2.29. The van der Waals surface area contributed by atoms with Crippen LogP contribution in [0.25, 0.3) is 0 Å². The molecule has 3 rings (SSSR count). The Hall–Kier alpha value is -2.40. The zero-order chi connectivity index (χ0) is 15.5. The number of rotatable bonds is 3. The van der Waals surface area contributed by atoms with Crippen molar-refractivity contribution in [1.29, 1.82) is 0 Å². The molecule has 0 radical (unpaired) electrons. The highest BCUT2D eigenvalue weighted by atomic mass is 35.5. The van der Waals surface area contributed by atoms with E-state index in [0.717, 1.165) is 17.7 Å². The van der Waals surface area contributed by atoms with E-state index in [9.17, 15) is 9.59 Å². The van der Waals surface area contributed by atoms with Crippen LogP contribution in [0.1, 0.15) is 16.1 Å². The number of nitrogens with one attached hydrogen (secondary N) is 1. The third kappa shape index (κ3) is 2.94. The number of benzene rings is 1. The van der Waals surface area contributed by atoms with Crippen LogP contribution in [0, 0.1) is 0 Å². The van der Waals surface area contributed by atoms with Gasteiger partial charge in [0.25, 0.3) is 5.91 Å². The third-order valence-electron chi connectivity index (χ3n) is 3.54. The van der Waals surface area contributed by atoms with Gasteiger partial charge in [-0.05, 0) is 30.2 Å². The molecule has 112 valence electrons. The average molecular weight is 316 g/mol. The Morgan fingerprint density at radius 3 is 2.91 bits per heavy atom. The van der Waals surface area contributed by atoms with Crippen molar-refractivity contribution in [1.82, 2.24) is 10.3 Å². The smallest absolute Gasteiger partial charge is 0.270 e. The number of nitrogens with zero attached hydrogens (tertiary/aromatic N) is 2. The second kappa shape index (κ2) is 6.15.